The number of thiazole rings is 1. The molecule has 0 amide bonds. The van der Waals surface area contributed by atoms with E-state index in [2.05, 4.69) is 25.3 Å². The van der Waals surface area contributed by atoms with Crippen LogP contribution in [0, 0.1) is 0 Å². The van der Waals surface area contributed by atoms with Gasteiger partial charge in [-0.05, 0) is 6.92 Å². The highest BCUT2D eigenvalue weighted by atomic mass is 127. The minimum absolute atomic E-state index is 0. The van der Waals surface area contributed by atoms with Crippen molar-refractivity contribution in [2.45, 2.75) is 19.5 Å². The summed E-state index contributed by atoms with van der Waals surface area (Å²) in [4.78, 5) is 7.47. The van der Waals surface area contributed by atoms with E-state index in [9.17, 15) is 21.6 Å². The Labute approximate surface area is 166 Å². The monoisotopic (exact) mass is 515 g/mol. The lowest BCUT2D eigenvalue weighted by Gasteiger charge is -2.11. The fraction of sp³-hybridized carbons (Fsp3) is 0.667. The van der Waals surface area contributed by atoms with Crippen LogP contribution in [0.5, 0.6) is 0 Å². The second kappa shape index (κ2) is 11.1. The molecule has 0 atom stereocenters. The van der Waals surface area contributed by atoms with Crippen molar-refractivity contribution in [1.82, 2.24) is 20.3 Å². The Hall–Kier alpha value is -0.670. The number of rotatable bonds is 8. The van der Waals surface area contributed by atoms with E-state index in [1.165, 1.54) is 7.05 Å². The zero-order valence-corrected chi connectivity index (χ0v) is 17.6. The molecule has 0 aliphatic rings. The van der Waals surface area contributed by atoms with Crippen molar-refractivity contribution in [3.05, 3.63) is 16.1 Å². The van der Waals surface area contributed by atoms with Crippen LogP contribution < -0.4 is 15.4 Å². The van der Waals surface area contributed by atoms with Crippen molar-refractivity contribution in [3.63, 3.8) is 0 Å². The molecule has 1 heterocycles. The van der Waals surface area contributed by atoms with Crippen LogP contribution in [0.2, 0.25) is 0 Å². The minimum Gasteiger partial charge on any atom is -0.356 e. The average molecular weight is 515 g/mol. The number of alkyl halides is 3. The Bertz CT molecular complexity index is 649. The maximum atomic E-state index is 12.4. The molecule has 0 aliphatic heterocycles. The van der Waals surface area contributed by atoms with Crippen LogP contribution in [0.4, 0.5) is 13.2 Å². The van der Waals surface area contributed by atoms with Gasteiger partial charge in [0.2, 0.25) is 10.0 Å². The molecular weight excluding hydrogens is 494 g/mol. The number of aliphatic imine (C=N–C) groups is 1. The van der Waals surface area contributed by atoms with Crippen LogP contribution in [0.1, 0.15) is 17.6 Å². The summed E-state index contributed by atoms with van der Waals surface area (Å²) >= 11 is 0.954. The summed E-state index contributed by atoms with van der Waals surface area (Å²) < 4.78 is 62.2. The van der Waals surface area contributed by atoms with Crippen molar-refractivity contribution in [3.8, 4) is 0 Å². The van der Waals surface area contributed by atoms with E-state index in [1.54, 1.807) is 6.92 Å². The molecular formula is C12H21F3IN5O2S2. The first kappa shape index (κ1) is 24.3. The molecule has 0 saturated carbocycles. The second-order valence-corrected chi connectivity index (χ2v) is 7.64. The number of guanidine groups is 1. The van der Waals surface area contributed by atoms with Crippen molar-refractivity contribution >= 4 is 51.3 Å². The largest absolute Gasteiger partial charge is 0.434 e. The van der Waals surface area contributed by atoms with Gasteiger partial charge in [-0.1, -0.05) is 0 Å². The summed E-state index contributed by atoms with van der Waals surface area (Å²) in [6.07, 6.45) is -4.10. The lowest BCUT2D eigenvalue weighted by molar-refractivity contribution is -0.140. The summed E-state index contributed by atoms with van der Waals surface area (Å²) in [6.45, 7) is 2.43. The Kier molecular flexibility index (Phi) is 10.8. The highest BCUT2D eigenvalue weighted by Crippen LogP contribution is 2.29. The van der Waals surface area contributed by atoms with Gasteiger partial charge in [0, 0.05) is 38.5 Å². The number of nitrogens with one attached hydrogen (secondary N) is 3. The molecule has 0 spiro atoms. The predicted octanol–water partition coefficient (Wildman–Crippen LogP) is 1.43. The summed E-state index contributed by atoms with van der Waals surface area (Å²) in [5.41, 5.74) is -0.881. The molecule has 1 rings (SSSR count). The minimum atomic E-state index is -4.43. The molecule has 1 aromatic heterocycles. The van der Waals surface area contributed by atoms with Gasteiger partial charge in [-0.25, -0.2) is 18.1 Å². The topological polar surface area (TPSA) is 95.5 Å². The van der Waals surface area contributed by atoms with Crippen molar-refractivity contribution in [1.29, 1.82) is 0 Å². The fourth-order valence-electron chi connectivity index (χ4n) is 1.55. The first-order valence-electron chi connectivity index (χ1n) is 7.11. The predicted molar refractivity (Wildman–Crippen MR) is 103 cm³/mol. The third-order valence-corrected chi connectivity index (χ3v) is 5.13. The first-order chi connectivity index (χ1) is 11.2. The normalized spacial score (nSPS) is 12.6. The number of sulfonamides is 1. The van der Waals surface area contributed by atoms with E-state index in [0.717, 1.165) is 16.7 Å². The third-order valence-electron chi connectivity index (χ3n) is 2.82. The Morgan fingerprint density at radius 2 is 1.92 bits per heavy atom. The van der Waals surface area contributed by atoms with Crippen molar-refractivity contribution in [2.75, 3.05) is 32.4 Å². The maximum absolute atomic E-state index is 12.4. The Balaban J connectivity index is 0.00000576. The van der Waals surface area contributed by atoms with Gasteiger partial charge in [-0.15, -0.1) is 35.3 Å². The summed E-state index contributed by atoms with van der Waals surface area (Å²) in [5.74, 6) is 0.437. The van der Waals surface area contributed by atoms with Gasteiger partial charge in [-0.3, -0.25) is 4.99 Å². The zero-order chi connectivity index (χ0) is 18.2. The summed E-state index contributed by atoms with van der Waals surface area (Å²) in [7, 11) is -1.70. The molecule has 3 N–H and O–H groups in total. The quantitative estimate of drug-likeness (QED) is 0.211. The van der Waals surface area contributed by atoms with Gasteiger partial charge in [0.1, 0.15) is 0 Å². The third kappa shape index (κ3) is 9.55. The van der Waals surface area contributed by atoms with Crippen LogP contribution in [-0.4, -0.2) is 51.8 Å². The van der Waals surface area contributed by atoms with Crippen LogP contribution in [-0.2, 0) is 22.6 Å². The van der Waals surface area contributed by atoms with Gasteiger partial charge >= 0.3 is 6.18 Å². The van der Waals surface area contributed by atoms with Gasteiger partial charge in [0.05, 0.1) is 10.8 Å². The van der Waals surface area contributed by atoms with E-state index in [-0.39, 0.29) is 36.3 Å². The van der Waals surface area contributed by atoms with Crippen molar-refractivity contribution in [2.24, 2.45) is 4.99 Å². The number of nitrogens with zero attached hydrogens (tertiary/aromatic N) is 2. The fourth-order valence-corrected chi connectivity index (χ4v) is 2.98. The van der Waals surface area contributed by atoms with E-state index < -0.39 is 21.9 Å². The van der Waals surface area contributed by atoms with E-state index in [4.69, 9.17) is 0 Å². The van der Waals surface area contributed by atoms with Crippen LogP contribution in [0.3, 0.4) is 0 Å². The average Bonchev–Trinajstić information content (AvgIpc) is 2.98. The SMILES string of the molecule is CCS(=O)(=O)NCCNC(=NC)NCCc1nc(C(F)(F)F)cs1.I. The smallest absolute Gasteiger partial charge is 0.356 e. The molecule has 13 heteroatoms. The number of hydrogen-bond donors (Lipinski definition) is 3. The van der Waals surface area contributed by atoms with E-state index in [0.29, 0.717) is 30.5 Å². The van der Waals surface area contributed by atoms with Crippen LogP contribution in [0.15, 0.2) is 10.4 Å². The summed E-state index contributed by atoms with van der Waals surface area (Å²) in [6, 6.07) is 0. The standard InChI is InChI=1S/C12H20F3N5O2S2.HI/c1-3-24(21,22)19-7-6-18-11(16-2)17-5-4-10-20-9(8-23-10)12(13,14)15;/h8,19H,3-7H2,1-2H3,(H2,16,17,18);1H. The second-order valence-electron chi connectivity index (χ2n) is 4.60. The lowest BCUT2D eigenvalue weighted by Crippen LogP contribution is -2.42. The molecule has 7 nitrogen and oxygen atoms in total. The first-order valence-corrected chi connectivity index (χ1v) is 9.64. The Morgan fingerprint density at radius 1 is 1.28 bits per heavy atom. The summed E-state index contributed by atoms with van der Waals surface area (Å²) in [5, 5.41) is 7.19. The number of aromatic nitrogens is 1. The molecule has 0 fully saturated rings. The van der Waals surface area contributed by atoms with Gasteiger partial charge in [0.25, 0.3) is 0 Å². The molecule has 0 unspecified atom stereocenters. The van der Waals surface area contributed by atoms with Crippen LogP contribution >= 0.6 is 35.3 Å². The highest BCUT2D eigenvalue weighted by Gasteiger charge is 2.33. The molecule has 146 valence electrons. The van der Waals surface area contributed by atoms with E-state index >= 15 is 0 Å². The van der Waals surface area contributed by atoms with Gasteiger partial charge in [-0.2, -0.15) is 13.2 Å². The van der Waals surface area contributed by atoms with Gasteiger partial charge < -0.3 is 10.6 Å². The molecule has 0 radical (unpaired) electrons. The molecule has 0 bridgehead atoms. The van der Waals surface area contributed by atoms with E-state index in [1.807, 2.05) is 0 Å². The molecule has 0 aliphatic carbocycles. The lowest BCUT2D eigenvalue weighted by atomic mass is 10.4. The van der Waals surface area contributed by atoms with Crippen molar-refractivity contribution < 1.29 is 21.6 Å². The van der Waals surface area contributed by atoms with Gasteiger partial charge in [0.15, 0.2) is 11.7 Å². The number of halogens is 4. The molecule has 25 heavy (non-hydrogen) atoms. The van der Waals surface area contributed by atoms with Crippen LogP contribution in [0.25, 0.3) is 0 Å². The Morgan fingerprint density at radius 3 is 2.44 bits per heavy atom. The number of hydrogen-bond acceptors (Lipinski definition) is 5. The molecule has 1 aromatic rings. The zero-order valence-electron chi connectivity index (χ0n) is 13.7. The molecule has 0 saturated heterocycles. The maximum Gasteiger partial charge on any atom is 0.434 e. The highest BCUT2D eigenvalue weighted by molar-refractivity contribution is 14.0. The molecule has 0 aromatic carbocycles.